The quantitative estimate of drug-likeness (QED) is 0.473. The summed E-state index contributed by atoms with van der Waals surface area (Å²) in [6.07, 6.45) is 0. The van der Waals surface area contributed by atoms with Crippen molar-refractivity contribution < 1.29 is 9.18 Å². The molecular formula is C14H8Br2ClFO. The van der Waals surface area contributed by atoms with E-state index in [9.17, 15) is 9.18 Å². The van der Waals surface area contributed by atoms with E-state index in [2.05, 4.69) is 31.9 Å². The number of halogens is 4. The maximum atomic E-state index is 14.0. The van der Waals surface area contributed by atoms with Gasteiger partial charge in [-0.15, -0.1) is 0 Å². The molecule has 1 nitrogen and oxygen atoms in total. The Hall–Kier alpha value is -0.710. The molecule has 0 bridgehead atoms. The van der Waals surface area contributed by atoms with E-state index in [-0.39, 0.29) is 16.4 Å². The van der Waals surface area contributed by atoms with E-state index in [1.165, 1.54) is 6.07 Å². The lowest BCUT2D eigenvalue weighted by atomic mass is 10.0. The average Bonchev–Trinajstić information content (AvgIpc) is 2.39. The maximum absolute atomic E-state index is 14.0. The number of carbonyl (C=O) groups excluding carboxylic acids is 1. The van der Waals surface area contributed by atoms with Crippen LogP contribution in [0, 0.1) is 12.7 Å². The third-order valence-corrected chi connectivity index (χ3v) is 4.85. The lowest BCUT2D eigenvalue weighted by molar-refractivity contribution is 0.103. The van der Waals surface area contributed by atoms with Crippen LogP contribution in [-0.4, -0.2) is 5.78 Å². The van der Waals surface area contributed by atoms with Crippen molar-refractivity contribution in [1.82, 2.24) is 0 Å². The van der Waals surface area contributed by atoms with Gasteiger partial charge < -0.3 is 0 Å². The molecule has 2 aromatic rings. The van der Waals surface area contributed by atoms with Gasteiger partial charge >= 0.3 is 0 Å². The van der Waals surface area contributed by atoms with Gasteiger partial charge in [0.25, 0.3) is 0 Å². The Labute approximate surface area is 132 Å². The van der Waals surface area contributed by atoms with Crippen LogP contribution in [0.1, 0.15) is 21.5 Å². The molecule has 0 aliphatic heterocycles. The molecule has 0 atom stereocenters. The number of hydrogen-bond donors (Lipinski definition) is 0. The highest BCUT2D eigenvalue weighted by Gasteiger charge is 2.18. The Morgan fingerprint density at radius 3 is 2.42 bits per heavy atom. The highest BCUT2D eigenvalue weighted by molar-refractivity contribution is 9.10. The van der Waals surface area contributed by atoms with Crippen LogP contribution in [0.3, 0.4) is 0 Å². The van der Waals surface area contributed by atoms with Crippen molar-refractivity contribution in [2.45, 2.75) is 6.92 Å². The van der Waals surface area contributed by atoms with Gasteiger partial charge in [-0.3, -0.25) is 4.79 Å². The minimum Gasteiger partial charge on any atom is -0.288 e. The molecule has 0 aliphatic carbocycles. The summed E-state index contributed by atoms with van der Waals surface area (Å²) < 4.78 is 15.3. The summed E-state index contributed by atoms with van der Waals surface area (Å²) in [7, 11) is 0. The second kappa shape index (κ2) is 5.73. The number of hydrogen-bond acceptors (Lipinski definition) is 1. The van der Waals surface area contributed by atoms with Crippen molar-refractivity contribution in [3.63, 3.8) is 0 Å². The summed E-state index contributed by atoms with van der Waals surface area (Å²) in [6.45, 7) is 1.87. The fraction of sp³-hybridized carbons (Fsp3) is 0.0714. The number of benzene rings is 2. The van der Waals surface area contributed by atoms with Gasteiger partial charge in [-0.05, 0) is 58.7 Å². The van der Waals surface area contributed by atoms with Crippen LogP contribution < -0.4 is 0 Å². The first-order chi connectivity index (χ1) is 8.91. The lowest BCUT2D eigenvalue weighted by Crippen LogP contribution is -2.05. The fourth-order valence-corrected chi connectivity index (χ4v) is 2.36. The molecule has 0 radical (unpaired) electrons. The number of rotatable bonds is 2. The van der Waals surface area contributed by atoms with Gasteiger partial charge in [0.2, 0.25) is 0 Å². The molecule has 0 unspecified atom stereocenters. The predicted molar refractivity (Wildman–Crippen MR) is 81.4 cm³/mol. The first-order valence-electron chi connectivity index (χ1n) is 5.36. The third-order valence-electron chi connectivity index (χ3n) is 2.70. The topological polar surface area (TPSA) is 17.1 Å². The van der Waals surface area contributed by atoms with Gasteiger partial charge in [-0.25, -0.2) is 4.39 Å². The Kier molecular flexibility index (Phi) is 4.43. The van der Waals surface area contributed by atoms with Crippen LogP contribution in [0.5, 0.6) is 0 Å². The van der Waals surface area contributed by atoms with Gasteiger partial charge in [-0.1, -0.05) is 27.5 Å². The zero-order valence-corrected chi connectivity index (χ0v) is 13.7. The van der Waals surface area contributed by atoms with Crippen molar-refractivity contribution in [3.8, 4) is 0 Å². The minimum absolute atomic E-state index is 0.0325. The summed E-state index contributed by atoms with van der Waals surface area (Å²) in [4.78, 5) is 12.3. The molecule has 0 spiro atoms. The molecule has 2 aromatic carbocycles. The molecule has 5 heteroatoms. The summed E-state index contributed by atoms with van der Waals surface area (Å²) >= 11 is 12.3. The lowest BCUT2D eigenvalue weighted by Gasteiger charge is -2.07. The van der Waals surface area contributed by atoms with Crippen molar-refractivity contribution in [2.24, 2.45) is 0 Å². The Balaban J connectivity index is 2.50. The largest absolute Gasteiger partial charge is 0.288 e. The standard InChI is InChI=1S/C14H8Br2ClFO/c1-7-6-8(2-4-10(7)15)14(19)9-3-5-11(16)12(17)13(9)18/h2-6H,1H3. The first kappa shape index (κ1) is 14.7. The van der Waals surface area contributed by atoms with Crippen LogP contribution in [0.15, 0.2) is 39.3 Å². The molecule has 0 saturated carbocycles. The Bertz CT molecular complexity index is 671. The highest BCUT2D eigenvalue weighted by atomic mass is 79.9. The SMILES string of the molecule is Cc1cc(C(=O)c2ccc(Br)c(Cl)c2F)ccc1Br. The van der Waals surface area contributed by atoms with Crippen LogP contribution in [-0.2, 0) is 0 Å². The van der Waals surface area contributed by atoms with Gasteiger partial charge in [-0.2, -0.15) is 0 Å². The van der Waals surface area contributed by atoms with Crippen molar-refractivity contribution in [1.29, 1.82) is 0 Å². The van der Waals surface area contributed by atoms with Crippen molar-refractivity contribution in [3.05, 3.63) is 66.8 Å². The average molecular weight is 406 g/mol. The van der Waals surface area contributed by atoms with E-state index < -0.39 is 5.82 Å². The molecule has 0 aliphatic rings. The van der Waals surface area contributed by atoms with E-state index in [1.807, 2.05) is 6.92 Å². The summed E-state index contributed by atoms with van der Waals surface area (Å²) in [5, 5.41) is -0.0836. The summed E-state index contributed by atoms with van der Waals surface area (Å²) in [5.74, 6) is -1.09. The Morgan fingerprint density at radius 1 is 1.16 bits per heavy atom. The van der Waals surface area contributed by atoms with Gasteiger partial charge in [0.1, 0.15) is 0 Å². The molecule has 0 saturated heterocycles. The molecule has 0 aromatic heterocycles. The Morgan fingerprint density at radius 2 is 1.79 bits per heavy atom. The molecule has 98 valence electrons. The predicted octanol–water partition coefficient (Wildman–Crippen LogP) is 5.54. The summed E-state index contributed by atoms with van der Waals surface area (Å²) in [6, 6.07) is 8.10. The molecule has 0 fully saturated rings. The van der Waals surface area contributed by atoms with Gasteiger partial charge in [0, 0.05) is 14.5 Å². The summed E-state index contributed by atoms with van der Waals surface area (Å²) in [5.41, 5.74) is 1.31. The van der Waals surface area contributed by atoms with Crippen LogP contribution in [0.4, 0.5) is 4.39 Å². The van der Waals surface area contributed by atoms with Crippen LogP contribution >= 0.6 is 43.5 Å². The van der Waals surface area contributed by atoms with Gasteiger partial charge in [0.05, 0.1) is 10.6 Å². The van der Waals surface area contributed by atoms with E-state index in [4.69, 9.17) is 11.6 Å². The second-order valence-electron chi connectivity index (χ2n) is 4.02. The van der Waals surface area contributed by atoms with Crippen LogP contribution in [0.2, 0.25) is 5.02 Å². The normalized spacial score (nSPS) is 10.6. The molecule has 0 amide bonds. The molecule has 2 rings (SSSR count). The fourth-order valence-electron chi connectivity index (χ4n) is 1.64. The van der Waals surface area contributed by atoms with Crippen molar-refractivity contribution in [2.75, 3.05) is 0 Å². The minimum atomic E-state index is -0.707. The first-order valence-corrected chi connectivity index (χ1v) is 7.32. The zero-order valence-electron chi connectivity index (χ0n) is 9.81. The second-order valence-corrected chi connectivity index (χ2v) is 6.10. The van der Waals surface area contributed by atoms with Crippen LogP contribution in [0.25, 0.3) is 0 Å². The van der Waals surface area contributed by atoms with Crippen molar-refractivity contribution >= 4 is 49.2 Å². The molecule has 0 N–H and O–H groups in total. The number of ketones is 1. The van der Waals surface area contributed by atoms with E-state index in [1.54, 1.807) is 24.3 Å². The zero-order chi connectivity index (χ0) is 14.2. The molecular weight excluding hydrogens is 398 g/mol. The number of carbonyl (C=O) groups is 1. The van der Waals surface area contributed by atoms with Gasteiger partial charge in [0.15, 0.2) is 11.6 Å². The maximum Gasteiger partial charge on any atom is 0.196 e. The smallest absolute Gasteiger partial charge is 0.196 e. The van der Waals surface area contributed by atoms with E-state index >= 15 is 0 Å². The molecule has 0 heterocycles. The molecule has 19 heavy (non-hydrogen) atoms. The monoisotopic (exact) mass is 404 g/mol. The van der Waals surface area contributed by atoms with E-state index in [0.717, 1.165) is 10.0 Å². The van der Waals surface area contributed by atoms with E-state index in [0.29, 0.717) is 10.0 Å². The third kappa shape index (κ3) is 2.91. The number of aryl methyl sites for hydroxylation is 1. The highest BCUT2D eigenvalue weighted by Crippen LogP contribution is 2.29.